The van der Waals surface area contributed by atoms with Gasteiger partial charge in [0, 0.05) is 30.3 Å². The lowest BCUT2D eigenvalue weighted by atomic mass is 9.79. The molecule has 2 aromatic carbocycles. The summed E-state index contributed by atoms with van der Waals surface area (Å²) in [6.45, 7) is 0.0117. The summed E-state index contributed by atoms with van der Waals surface area (Å²) in [7, 11) is 0. The van der Waals surface area contributed by atoms with Gasteiger partial charge >= 0.3 is 24.2 Å². The molecule has 0 unspecified atom stereocenters. The largest absolute Gasteiger partial charge is 0.462 e. The highest BCUT2D eigenvalue weighted by molar-refractivity contribution is 5.91. The zero-order chi connectivity index (χ0) is 30.0. The Morgan fingerprint density at radius 3 is 2.10 bits per heavy atom. The van der Waals surface area contributed by atoms with Crippen LogP contribution in [0.15, 0.2) is 48.5 Å². The molecule has 1 saturated carbocycles. The lowest BCUT2D eigenvalue weighted by Crippen LogP contribution is -2.37. The SMILES string of the molecule is Nc1cc(N)cc(C(=O)OCCCOC(=O)/C=C/c2ccc(OC(F)(F)C3CCC(CCC(F)(F)F)CC3)cc2)c1. The van der Waals surface area contributed by atoms with E-state index in [0.29, 0.717) is 29.8 Å². The molecule has 0 aromatic heterocycles. The van der Waals surface area contributed by atoms with Gasteiger partial charge in [-0.15, -0.1) is 0 Å². The van der Waals surface area contributed by atoms with Crippen molar-refractivity contribution in [1.29, 1.82) is 0 Å². The molecule has 0 radical (unpaired) electrons. The van der Waals surface area contributed by atoms with Crippen molar-refractivity contribution in [3.8, 4) is 5.75 Å². The second kappa shape index (κ2) is 14.2. The molecule has 1 aliphatic rings. The topological polar surface area (TPSA) is 114 Å². The predicted molar refractivity (Wildman–Crippen MR) is 143 cm³/mol. The number of hydrogen-bond donors (Lipinski definition) is 2. The Morgan fingerprint density at radius 1 is 0.878 bits per heavy atom. The van der Waals surface area contributed by atoms with E-state index >= 15 is 0 Å². The maximum Gasteiger partial charge on any atom is 0.400 e. The van der Waals surface area contributed by atoms with Gasteiger partial charge in [0.2, 0.25) is 0 Å². The number of halogens is 5. The summed E-state index contributed by atoms with van der Waals surface area (Å²) in [5.74, 6) is -2.59. The Kier molecular flexibility index (Phi) is 11.0. The second-order valence-corrected chi connectivity index (χ2v) is 9.98. The van der Waals surface area contributed by atoms with Gasteiger partial charge in [0.25, 0.3) is 0 Å². The van der Waals surface area contributed by atoms with Crippen LogP contribution in [0.4, 0.5) is 33.3 Å². The van der Waals surface area contributed by atoms with Crippen LogP contribution in [-0.4, -0.2) is 37.4 Å². The van der Waals surface area contributed by atoms with Gasteiger partial charge in [-0.3, -0.25) is 0 Å². The van der Waals surface area contributed by atoms with Crippen LogP contribution in [0, 0.1) is 11.8 Å². The molecular formula is C29H33F5N2O5. The summed E-state index contributed by atoms with van der Waals surface area (Å²) in [6, 6.07) is 10.1. The molecule has 0 bridgehead atoms. The average Bonchev–Trinajstić information content (AvgIpc) is 2.90. The van der Waals surface area contributed by atoms with E-state index in [4.69, 9.17) is 25.7 Å². The van der Waals surface area contributed by atoms with Gasteiger partial charge in [0.05, 0.1) is 24.7 Å². The molecule has 3 rings (SSSR count). The Bertz CT molecular complexity index is 1170. The molecule has 0 atom stereocenters. The minimum absolute atomic E-state index is 0.00161. The Morgan fingerprint density at radius 2 is 1.49 bits per heavy atom. The van der Waals surface area contributed by atoms with Crippen molar-refractivity contribution in [3.63, 3.8) is 0 Å². The van der Waals surface area contributed by atoms with Crippen LogP contribution in [0.2, 0.25) is 0 Å². The van der Waals surface area contributed by atoms with E-state index in [1.54, 1.807) is 0 Å². The van der Waals surface area contributed by atoms with Crippen molar-refractivity contribution in [2.75, 3.05) is 24.7 Å². The van der Waals surface area contributed by atoms with Crippen molar-refractivity contribution in [2.45, 2.75) is 57.2 Å². The van der Waals surface area contributed by atoms with E-state index in [1.165, 1.54) is 54.6 Å². The van der Waals surface area contributed by atoms with Crippen molar-refractivity contribution >= 4 is 29.4 Å². The molecular weight excluding hydrogens is 551 g/mol. The van der Waals surface area contributed by atoms with Crippen LogP contribution in [0.25, 0.3) is 6.08 Å². The first-order valence-corrected chi connectivity index (χ1v) is 13.2. The third kappa shape index (κ3) is 10.9. The summed E-state index contributed by atoms with van der Waals surface area (Å²) >= 11 is 0. The van der Waals surface area contributed by atoms with Crippen LogP contribution in [0.5, 0.6) is 5.75 Å². The number of nitrogen functional groups attached to an aromatic ring is 2. The zero-order valence-electron chi connectivity index (χ0n) is 22.3. The van der Waals surface area contributed by atoms with Crippen molar-refractivity contribution in [2.24, 2.45) is 11.8 Å². The summed E-state index contributed by atoms with van der Waals surface area (Å²) < 4.78 is 81.6. The van der Waals surface area contributed by atoms with Gasteiger partial charge in [0.1, 0.15) is 5.75 Å². The fraction of sp³-hybridized carbons (Fsp3) is 0.448. The summed E-state index contributed by atoms with van der Waals surface area (Å²) in [5, 5.41) is 0. The maximum atomic E-state index is 14.7. The maximum absolute atomic E-state index is 14.7. The van der Waals surface area contributed by atoms with Crippen LogP contribution in [-0.2, 0) is 14.3 Å². The lowest BCUT2D eigenvalue weighted by molar-refractivity contribution is -0.224. The normalized spacial score (nSPS) is 17.8. The minimum atomic E-state index is -4.24. The lowest BCUT2D eigenvalue weighted by Gasteiger charge is -2.33. The highest BCUT2D eigenvalue weighted by Gasteiger charge is 2.44. The molecule has 224 valence electrons. The quantitative estimate of drug-likeness (QED) is 0.0930. The minimum Gasteiger partial charge on any atom is -0.462 e. The van der Waals surface area contributed by atoms with Crippen molar-refractivity contribution in [3.05, 3.63) is 59.7 Å². The molecule has 41 heavy (non-hydrogen) atoms. The van der Waals surface area contributed by atoms with Gasteiger partial charge in [-0.2, -0.15) is 22.0 Å². The summed E-state index contributed by atoms with van der Waals surface area (Å²) in [6.07, 6.45) is -4.94. The van der Waals surface area contributed by atoms with E-state index in [1.807, 2.05) is 0 Å². The summed E-state index contributed by atoms with van der Waals surface area (Å²) in [4.78, 5) is 23.9. The molecule has 7 nitrogen and oxygen atoms in total. The van der Waals surface area contributed by atoms with E-state index in [2.05, 4.69) is 0 Å². The Labute approximate surface area is 234 Å². The smallest absolute Gasteiger partial charge is 0.400 e. The number of benzene rings is 2. The number of carbonyl (C=O) groups is 2. The number of nitrogens with two attached hydrogens (primary N) is 2. The molecule has 4 N–H and O–H groups in total. The number of alkyl halides is 5. The first-order chi connectivity index (χ1) is 19.3. The monoisotopic (exact) mass is 584 g/mol. The molecule has 12 heteroatoms. The molecule has 1 fully saturated rings. The number of carbonyl (C=O) groups excluding carboxylic acids is 2. The van der Waals surface area contributed by atoms with E-state index in [-0.39, 0.29) is 56.1 Å². The first-order valence-electron chi connectivity index (χ1n) is 13.2. The number of anilines is 2. The third-order valence-corrected chi connectivity index (χ3v) is 6.68. The fourth-order valence-corrected chi connectivity index (χ4v) is 4.53. The molecule has 2 aromatic rings. The van der Waals surface area contributed by atoms with Crippen LogP contribution in [0.1, 0.15) is 60.9 Å². The van der Waals surface area contributed by atoms with E-state index in [0.717, 1.165) is 0 Å². The first kappa shape index (κ1) is 31.7. The van der Waals surface area contributed by atoms with Crippen LogP contribution >= 0.6 is 0 Å². The van der Waals surface area contributed by atoms with Gasteiger partial charge in [-0.25, -0.2) is 9.59 Å². The number of esters is 2. The van der Waals surface area contributed by atoms with Crippen molar-refractivity contribution < 1.29 is 45.8 Å². The third-order valence-electron chi connectivity index (χ3n) is 6.68. The van der Waals surface area contributed by atoms with E-state index in [9.17, 15) is 31.5 Å². The number of hydrogen-bond acceptors (Lipinski definition) is 7. The highest BCUT2D eigenvalue weighted by atomic mass is 19.4. The van der Waals surface area contributed by atoms with Crippen LogP contribution < -0.4 is 16.2 Å². The van der Waals surface area contributed by atoms with Gasteiger partial charge in [-0.1, -0.05) is 12.1 Å². The molecule has 0 aliphatic heterocycles. The van der Waals surface area contributed by atoms with Crippen LogP contribution in [0.3, 0.4) is 0 Å². The highest BCUT2D eigenvalue weighted by Crippen LogP contribution is 2.42. The average molecular weight is 585 g/mol. The summed E-state index contributed by atoms with van der Waals surface area (Å²) in [5.41, 5.74) is 12.7. The van der Waals surface area contributed by atoms with Gasteiger partial charge in [-0.05, 0) is 80.0 Å². The molecule has 1 aliphatic carbocycles. The predicted octanol–water partition coefficient (Wildman–Crippen LogP) is 6.78. The Balaban J connectivity index is 1.36. The Hall–Kier alpha value is -3.83. The zero-order valence-corrected chi connectivity index (χ0v) is 22.3. The standard InChI is InChI=1S/C29H33F5N2O5/c30-28(31,32)13-12-20-2-7-22(8-3-20)29(33,34)41-25-9-4-19(5-10-25)6-11-26(37)39-14-1-15-40-27(38)21-16-23(35)18-24(36)17-21/h4-6,9-11,16-18,20,22H,1-3,7-8,12-15,35-36H2/b11-6+. The molecule has 0 spiro atoms. The number of ether oxygens (including phenoxy) is 3. The van der Waals surface area contributed by atoms with Crippen molar-refractivity contribution in [1.82, 2.24) is 0 Å². The molecule has 0 amide bonds. The van der Waals surface area contributed by atoms with Gasteiger partial charge in [0.15, 0.2) is 0 Å². The number of rotatable bonds is 12. The van der Waals surface area contributed by atoms with Gasteiger partial charge < -0.3 is 25.7 Å². The van der Waals surface area contributed by atoms with E-state index < -0.39 is 36.6 Å². The fourth-order valence-electron chi connectivity index (χ4n) is 4.53. The molecule has 0 saturated heterocycles. The second-order valence-electron chi connectivity index (χ2n) is 9.98. The molecule has 0 heterocycles.